The average Bonchev–Trinajstić information content (AvgIpc) is 2.71. The van der Waals surface area contributed by atoms with Crippen LogP contribution in [0.3, 0.4) is 0 Å². The molecule has 1 nitrogen and oxygen atoms in total. The zero-order chi connectivity index (χ0) is 11.8. The van der Waals surface area contributed by atoms with Crippen LogP contribution in [0, 0.1) is 0 Å². The quantitative estimate of drug-likeness (QED) is 0.591. The molecule has 0 saturated heterocycles. The zero-order valence-electron chi connectivity index (χ0n) is 8.65. The van der Waals surface area contributed by atoms with Gasteiger partial charge in [-0.2, -0.15) is 0 Å². The fourth-order valence-corrected chi connectivity index (χ4v) is 3.15. The second kappa shape index (κ2) is 4.30. The second-order valence-electron chi connectivity index (χ2n) is 3.64. The first-order valence-corrected chi connectivity index (χ1v) is 6.62. The van der Waals surface area contributed by atoms with Gasteiger partial charge in [0.2, 0.25) is 0 Å². The van der Waals surface area contributed by atoms with E-state index >= 15 is 0 Å². The summed E-state index contributed by atoms with van der Waals surface area (Å²) in [7, 11) is 0. The minimum atomic E-state index is 0.631. The maximum atomic E-state index is 5.99. The van der Waals surface area contributed by atoms with Crippen LogP contribution >= 0.6 is 34.5 Å². The molecule has 0 spiro atoms. The van der Waals surface area contributed by atoms with Crippen LogP contribution in [-0.2, 0) is 0 Å². The third-order valence-electron chi connectivity index (χ3n) is 2.40. The first-order chi connectivity index (χ1) is 8.22. The Labute approximate surface area is 113 Å². The summed E-state index contributed by atoms with van der Waals surface area (Å²) >= 11 is 13.6. The van der Waals surface area contributed by atoms with Crippen LogP contribution in [0.15, 0.2) is 42.5 Å². The molecule has 0 bridgehead atoms. The number of nitrogens with zero attached hydrogens (tertiary/aromatic N) is 1. The van der Waals surface area contributed by atoms with Crippen LogP contribution in [0.4, 0.5) is 0 Å². The van der Waals surface area contributed by atoms with Crippen LogP contribution < -0.4 is 0 Å². The van der Waals surface area contributed by atoms with E-state index in [-0.39, 0.29) is 0 Å². The third-order valence-corrected chi connectivity index (χ3v) is 3.93. The lowest BCUT2D eigenvalue weighted by Gasteiger charge is -1.98. The summed E-state index contributed by atoms with van der Waals surface area (Å²) < 4.78 is 1.17. The molecule has 1 heterocycles. The smallest absolute Gasteiger partial charge is 0.124 e. The summed E-state index contributed by atoms with van der Waals surface area (Å²) in [5, 5.41) is 2.20. The Morgan fingerprint density at radius 2 is 1.65 bits per heavy atom. The Morgan fingerprint density at radius 3 is 2.35 bits per heavy atom. The Hall–Kier alpha value is -1.09. The highest BCUT2D eigenvalue weighted by Crippen LogP contribution is 2.32. The highest BCUT2D eigenvalue weighted by Gasteiger charge is 2.07. The lowest BCUT2D eigenvalue weighted by Crippen LogP contribution is -1.76. The maximum absolute atomic E-state index is 5.99. The van der Waals surface area contributed by atoms with Gasteiger partial charge in [0.15, 0.2) is 0 Å². The van der Waals surface area contributed by atoms with Gasteiger partial charge in [0.25, 0.3) is 0 Å². The minimum absolute atomic E-state index is 0.631. The van der Waals surface area contributed by atoms with Gasteiger partial charge in [0.1, 0.15) is 5.01 Å². The molecule has 1 aromatic heterocycles. The molecule has 3 aromatic rings. The Bertz CT molecular complexity index is 637. The summed E-state index contributed by atoms with van der Waals surface area (Å²) in [5.74, 6) is 0. The van der Waals surface area contributed by atoms with Gasteiger partial charge in [-0.3, -0.25) is 0 Å². The van der Waals surface area contributed by atoms with Gasteiger partial charge in [-0.1, -0.05) is 35.3 Å². The number of benzene rings is 2. The standard InChI is InChI=1S/C13H7Cl2NS/c14-9-5-8(6-10(15)7-9)13-16-11-3-1-2-4-12(11)17-13/h1-7H. The molecule has 0 saturated carbocycles. The van der Waals surface area contributed by atoms with E-state index in [1.165, 1.54) is 4.70 Å². The fourth-order valence-electron chi connectivity index (χ4n) is 1.67. The van der Waals surface area contributed by atoms with E-state index in [0.717, 1.165) is 16.1 Å². The molecule has 17 heavy (non-hydrogen) atoms. The maximum Gasteiger partial charge on any atom is 0.124 e. The first-order valence-electron chi connectivity index (χ1n) is 5.04. The summed E-state index contributed by atoms with van der Waals surface area (Å²) in [4.78, 5) is 4.57. The number of halogens is 2. The van der Waals surface area contributed by atoms with Crippen molar-refractivity contribution in [1.29, 1.82) is 0 Å². The Kier molecular flexibility index (Phi) is 2.79. The predicted octanol–water partition coefficient (Wildman–Crippen LogP) is 5.27. The van der Waals surface area contributed by atoms with E-state index in [4.69, 9.17) is 23.2 Å². The Balaban J connectivity index is 2.20. The first kappa shape index (κ1) is 11.0. The number of hydrogen-bond acceptors (Lipinski definition) is 2. The number of fused-ring (bicyclic) bond motifs is 1. The molecule has 0 radical (unpaired) electrons. The monoisotopic (exact) mass is 279 g/mol. The zero-order valence-corrected chi connectivity index (χ0v) is 11.0. The van der Waals surface area contributed by atoms with Crippen molar-refractivity contribution in [3.8, 4) is 10.6 Å². The van der Waals surface area contributed by atoms with E-state index in [1.54, 1.807) is 17.4 Å². The summed E-state index contributed by atoms with van der Waals surface area (Å²) in [5.41, 5.74) is 1.97. The molecule has 3 rings (SSSR count). The lowest BCUT2D eigenvalue weighted by atomic mass is 10.2. The molecule has 0 aliphatic carbocycles. The van der Waals surface area contributed by atoms with Crippen LogP contribution in [0.5, 0.6) is 0 Å². The van der Waals surface area contributed by atoms with Crippen molar-refractivity contribution in [3.05, 3.63) is 52.5 Å². The topological polar surface area (TPSA) is 12.9 Å². The molecule has 4 heteroatoms. The van der Waals surface area contributed by atoms with Crippen molar-refractivity contribution in [2.24, 2.45) is 0 Å². The van der Waals surface area contributed by atoms with Crippen LogP contribution in [-0.4, -0.2) is 4.98 Å². The van der Waals surface area contributed by atoms with Crippen molar-refractivity contribution < 1.29 is 0 Å². The molecule has 84 valence electrons. The van der Waals surface area contributed by atoms with E-state index in [0.29, 0.717) is 10.0 Å². The molecular formula is C13H7Cl2NS. The van der Waals surface area contributed by atoms with Crippen molar-refractivity contribution in [2.75, 3.05) is 0 Å². The molecule has 0 aliphatic rings. The van der Waals surface area contributed by atoms with Gasteiger partial charge in [-0.15, -0.1) is 11.3 Å². The van der Waals surface area contributed by atoms with Crippen LogP contribution in [0.2, 0.25) is 10.0 Å². The molecule has 2 aromatic carbocycles. The molecule has 0 fully saturated rings. The minimum Gasteiger partial charge on any atom is -0.236 e. The third kappa shape index (κ3) is 2.16. The van der Waals surface area contributed by atoms with Crippen molar-refractivity contribution >= 4 is 44.8 Å². The van der Waals surface area contributed by atoms with Crippen LogP contribution in [0.1, 0.15) is 0 Å². The van der Waals surface area contributed by atoms with Gasteiger partial charge < -0.3 is 0 Å². The normalized spacial score (nSPS) is 10.9. The number of aromatic nitrogens is 1. The van der Waals surface area contributed by atoms with Crippen molar-refractivity contribution in [1.82, 2.24) is 4.98 Å². The van der Waals surface area contributed by atoms with Crippen molar-refractivity contribution in [2.45, 2.75) is 0 Å². The molecule has 0 aliphatic heterocycles. The Morgan fingerprint density at radius 1 is 0.941 bits per heavy atom. The lowest BCUT2D eigenvalue weighted by molar-refractivity contribution is 1.48. The summed E-state index contributed by atoms with van der Waals surface area (Å²) in [6, 6.07) is 13.5. The molecule has 0 N–H and O–H groups in total. The van der Waals surface area contributed by atoms with Gasteiger partial charge in [-0.05, 0) is 30.3 Å². The molecular weight excluding hydrogens is 273 g/mol. The fraction of sp³-hybridized carbons (Fsp3) is 0. The van der Waals surface area contributed by atoms with Crippen LogP contribution in [0.25, 0.3) is 20.8 Å². The van der Waals surface area contributed by atoms with E-state index < -0.39 is 0 Å². The van der Waals surface area contributed by atoms with E-state index in [9.17, 15) is 0 Å². The van der Waals surface area contributed by atoms with Crippen molar-refractivity contribution in [3.63, 3.8) is 0 Å². The molecule has 0 unspecified atom stereocenters. The van der Waals surface area contributed by atoms with Gasteiger partial charge >= 0.3 is 0 Å². The number of para-hydroxylation sites is 1. The van der Waals surface area contributed by atoms with Gasteiger partial charge in [0.05, 0.1) is 10.2 Å². The second-order valence-corrected chi connectivity index (χ2v) is 5.55. The number of hydrogen-bond donors (Lipinski definition) is 0. The highest BCUT2D eigenvalue weighted by molar-refractivity contribution is 7.21. The van der Waals surface area contributed by atoms with Gasteiger partial charge in [0, 0.05) is 15.6 Å². The summed E-state index contributed by atoms with van der Waals surface area (Å²) in [6.45, 7) is 0. The average molecular weight is 280 g/mol. The van der Waals surface area contributed by atoms with E-state index in [2.05, 4.69) is 11.1 Å². The highest BCUT2D eigenvalue weighted by atomic mass is 35.5. The van der Waals surface area contributed by atoms with Gasteiger partial charge in [-0.25, -0.2) is 4.98 Å². The largest absolute Gasteiger partial charge is 0.236 e. The summed E-state index contributed by atoms with van der Waals surface area (Å²) in [6.07, 6.45) is 0. The predicted molar refractivity (Wildman–Crippen MR) is 75.1 cm³/mol. The molecule has 0 atom stereocenters. The molecule has 0 amide bonds. The van der Waals surface area contributed by atoms with E-state index in [1.807, 2.05) is 30.3 Å². The number of rotatable bonds is 1. The number of thiazole rings is 1. The SMILES string of the molecule is Clc1cc(Cl)cc(-c2nc3ccccc3s2)c1.